The number of benzene rings is 1. The zero-order valence-corrected chi connectivity index (χ0v) is 9.04. The van der Waals surface area contributed by atoms with Crippen LogP contribution in [0.3, 0.4) is 0 Å². The highest BCUT2D eigenvalue weighted by molar-refractivity contribution is 6.01. The molecule has 2 aromatic rings. The van der Waals surface area contributed by atoms with Gasteiger partial charge in [-0.05, 0) is 12.1 Å². The highest BCUT2D eigenvalue weighted by Crippen LogP contribution is 2.16. The lowest BCUT2D eigenvalue weighted by Gasteiger charge is -2.03. The number of hydrogen-bond acceptors (Lipinski definition) is 4. The summed E-state index contributed by atoms with van der Waals surface area (Å²) in [5, 5.41) is 19.1. The molecule has 7 heteroatoms. The predicted molar refractivity (Wildman–Crippen MR) is 58.6 cm³/mol. The van der Waals surface area contributed by atoms with Gasteiger partial charge >= 0.3 is 5.97 Å². The van der Waals surface area contributed by atoms with Gasteiger partial charge < -0.3 is 10.4 Å². The number of nitrogens with zero attached hydrogens (tertiary/aromatic N) is 3. The molecule has 0 saturated carbocycles. The maximum absolute atomic E-state index is 11.3. The number of carbonyl (C=O) groups excluding carboxylic acids is 1. The number of rotatable bonds is 3. The van der Waals surface area contributed by atoms with Crippen LogP contribution in [0, 0.1) is 0 Å². The summed E-state index contributed by atoms with van der Waals surface area (Å²) in [5.74, 6) is -1.34. The fraction of sp³-hybridized carbons (Fsp3) is 0.200. The minimum atomic E-state index is -1.07. The molecule has 7 nitrogen and oxygen atoms in total. The predicted octanol–water partition coefficient (Wildman–Crippen LogP) is -0.125. The number of carboxylic acid groups (broad SMARTS) is 1. The molecule has 1 aromatic heterocycles. The molecule has 88 valence electrons. The first-order valence-electron chi connectivity index (χ1n) is 4.89. The topological polar surface area (TPSA) is 97.1 Å². The van der Waals surface area contributed by atoms with Gasteiger partial charge in [-0.15, -0.1) is 5.10 Å². The molecule has 0 radical (unpaired) electrons. The lowest BCUT2D eigenvalue weighted by atomic mass is 10.2. The van der Waals surface area contributed by atoms with Crippen LogP contribution in [-0.2, 0) is 11.3 Å². The molecule has 0 aliphatic carbocycles. The molecular formula is C10H10N4O3. The summed E-state index contributed by atoms with van der Waals surface area (Å²) in [4.78, 5) is 22.3. The van der Waals surface area contributed by atoms with Gasteiger partial charge in [0.1, 0.15) is 17.6 Å². The summed E-state index contributed by atoms with van der Waals surface area (Å²) in [6.45, 7) is -0.0582. The van der Waals surface area contributed by atoms with Crippen molar-refractivity contribution in [3.8, 4) is 0 Å². The number of hydrogen-bond donors (Lipinski definition) is 2. The van der Waals surface area contributed by atoms with Crippen molar-refractivity contribution >= 4 is 22.9 Å². The SMILES string of the molecule is CNC(=O)Cn1nnc2cccc(C(=O)O)c21. The lowest BCUT2D eigenvalue weighted by Crippen LogP contribution is -2.24. The number of aromatic carboxylic acids is 1. The summed E-state index contributed by atoms with van der Waals surface area (Å²) in [5.41, 5.74) is 0.883. The van der Waals surface area contributed by atoms with Crippen LogP contribution < -0.4 is 5.32 Å². The second-order valence-electron chi connectivity index (χ2n) is 3.40. The highest BCUT2D eigenvalue weighted by Gasteiger charge is 2.15. The Morgan fingerprint density at radius 3 is 2.88 bits per heavy atom. The van der Waals surface area contributed by atoms with Gasteiger partial charge in [-0.25, -0.2) is 9.48 Å². The zero-order chi connectivity index (χ0) is 12.4. The smallest absolute Gasteiger partial charge is 0.337 e. The zero-order valence-electron chi connectivity index (χ0n) is 9.04. The van der Waals surface area contributed by atoms with Crippen molar-refractivity contribution in [3.05, 3.63) is 23.8 Å². The van der Waals surface area contributed by atoms with Gasteiger partial charge in [0.15, 0.2) is 0 Å². The monoisotopic (exact) mass is 234 g/mol. The van der Waals surface area contributed by atoms with E-state index in [0.717, 1.165) is 0 Å². The average molecular weight is 234 g/mol. The van der Waals surface area contributed by atoms with Crippen LogP contribution in [-0.4, -0.2) is 39.0 Å². The summed E-state index contributed by atoms with van der Waals surface area (Å²) in [7, 11) is 1.50. The van der Waals surface area contributed by atoms with Gasteiger partial charge in [-0.1, -0.05) is 11.3 Å². The number of carboxylic acids is 1. The van der Waals surface area contributed by atoms with Crippen molar-refractivity contribution in [2.24, 2.45) is 0 Å². The van der Waals surface area contributed by atoms with Gasteiger partial charge in [0.2, 0.25) is 5.91 Å². The van der Waals surface area contributed by atoms with E-state index >= 15 is 0 Å². The maximum Gasteiger partial charge on any atom is 0.337 e. The summed E-state index contributed by atoms with van der Waals surface area (Å²) in [6.07, 6.45) is 0. The van der Waals surface area contributed by atoms with Crippen molar-refractivity contribution < 1.29 is 14.7 Å². The Balaban J connectivity index is 2.57. The molecule has 0 unspecified atom stereocenters. The van der Waals surface area contributed by atoms with E-state index in [4.69, 9.17) is 5.11 Å². The van der Waals surface area contributed by atoms with E-state index in [1.807, 2.05) is 0 Å². The number of carbonyl (C=O) groups is 2. The van der Waals surface area contributed by atoms with E-state index in [1.165, 1.54) is 17.8 Å². The molecule has 2 N–H and O–H groups in total. The van der Waals surface area contributed by atoms with Crippen molar-refractivity contribution in [1.29, 1.82) is 0 Å². The molecule has 2 rings (SSSR count). The normalized spacial score (nSPS) is 10.4. The first-order valence-corrected chi connectivity index (χ1v) is 4.89. The fourth-order valence-corrected chi connectivity index (χ4v) is 1.53. The van der Waals surface area contributed by atoms with Gasteiger partial charge in [0, 0.05) is 7.05 Å². The molecule has 0 aliphatic rings. The van der Waals surface area contributed by atoms with Crippen LogP contribution in [0.25, 0.3) is 11.0 Å². The molecule has 0 spiro atoms. The fourth-order valence-electron chi connectivity index (χ4n) is 1.53. The quantitative estimate of drug-likeness (QED) is 0.771. The molecule has 0 atom stereocenters. The lowest BCUT2D eigenvalue weighted by molar-refractivity contribution is -0.121. The van der Waals surface area contributed by atoms with Gasteiger partial charge in [-0.3, -0.25) is 4.79 Å². The summed E-state index contributed by atoms with van der Waals surface area (Å²) >= 11 is 0. The Bertz CT molecular complexity index is 590. The van der Waals surface area contributed by atoms with Crippen LogP contribution in [0.1, 0.15) is 10.4 Å². The van der Waals surface area contributed by atoms with E-state index in [0.29, 0.717) is 11.0 Å². The molecule has 17 heavy (non-hydrogen) atoms. The van der Waals surface area contributed by atoms with Crippen molar-refractivity contribution in [2.45, 2.75) is 6.54 Å². The second kappa shape index (κ2) is 4.20. The van der Waals surface area contributed by atoms with E-state index < -0.39 is 5.97 Å². The number of para-hydroxylation sites is 1. The Labute approximate surface area is 96.0 Å². The number of amides is 1. The Morgan fingerprint density at radius 1 is 1.47 bits per heavy atom. The maximum atomic E-state index is 11.3. The Kier molecular flexibility index (Phi) is 2.73. The minimum Gasteiger partial charge on any atom is -0.478 e. The van der Waals surface area contributed by atoms with Crippen LogP contribution in [0.15, 0.2) is 18.2 Å². The van der Waals surface area contributed by atoms with Crippen molar-refractivity contribution in [3.63, 3.8) is 0 Å². The number of nitrogens with one attached hydrogen (secondary N) is 1. The molecule has 0 saturated heterocycles. The van der Waals surface area contributed by atoms with E-state index in [-0.39, 0.29) is 18.0 Å². The van der Waals surface area contributed by atoms with Crippen LogP contribution in [0.4, 0.5) is 0 Å². The molecule has 1 aromatic carbocycles. The highest BCUT2D eigenvalue weighted by atomic mass is 16.4. The number of likely N-dealkylation sites (N-methyl/N-ethyl adjacent to an activating group) is 1. The number of fused-ring (bicyclic) bond motifs is 1. The van der Waals surface area contributed by atoms with Crippen LogP contribution >= 0.6 is 0 Å². The summed E-state index contributed by atoms with van der Waals surface area (Å²) in [6, 6.07) is 4.69. The van der Waals surface area contributed by atoms with Crippen molar-refractivity contribution in [2.75, 3.05) is 7.05 Å². The number of aromatic nitrogens is 3. The van der Waals surface area contributed by atoms with E-state index in [9.17, 15) is 9.59 Å². The van der Waals surface area contributed by atoms with Crippen molar-refractivity contribution in [1.82, 2.24) is 20.3 Å². The molecular weight excluding hydrogens is 224 g/mol. The third kappa shape index (κ3) is 1.94. The first-order chi connectivity index (χ1) is 8.13. The molecule has 0 fully saturated rings. The Morgan fingerprint density at radius 2 is 2.24 bits per heavy atom. The third-order valence-corrected chi connectivity index (χ3v) is 2.34. The molecule has 0 aliphatic heterocycles. The second-order valence-corrected chi connectivity index (χ2v) is 3.40. The standard InChI is InChI=1S/C10H10N4O3/c1-11-8(15)5-14-9-6(10(16)17)3-2-4-7(9)12-13-14/h2-4H,5H2,1H3,(H,11,15)(H,16,17). The van der Waals surface area contributed by atoms with E-state index in [2.05, 4.69) is 15.6 Å². The third-order valence-electron chi connectivity index (χ3n) is 2.34. The first kappa shape index (κ1) is 11.1. The van der Waals surface area contributed by atoms with Gasteiger partial charge in [0.25, 0.3) is 0 Å². The molecule has 1 heterocycles. The average Bonchev–Trinajstić information content (AvgIpc) is 2.72. The van der Waals surface area contributed by atoms with E-state index in [1.54, 1.807) is 12.1 Å². The van der Waals surface area contributed by atoms with Gasteiger partial charge in [-0.2, -0.15) is 0 Å². The van der Waals surface area contributed by atoms with Crippen LogP contribution in [0.2, 0.25) is 0 Å². The largest absolute Gasteiger partial charge is 0.478 e. The van der Waals surface area contributed by atoms with Crippen LogP contribution in [0.5, 0.6) is 0 Å². The molecule has 1 amide bonds. The minimum absolute atomic E-state index is 0.0582. The molecule has 0 bridgehead atoms. The van der Waals surface area contributed by atoms with Gasteiger partial charge in [0.05, 0.1) is 5.56 Å². The summed E-state index contributed by atoms with van der Waals surface area (Å²) < 4.78 is 1.28. The Hall–Kier alpha value is -2.44.